The van der Waals surface area contributed by atoms with E-state index in [2.05, 4.69) is 6.92 Å². The molecule has 0 bridgehead atoms. The van der Waals surface area contributed by atoms with Crippen molar-refractivity contribution in [2.24, 2.45) is 5.92 Å². The highest BCUT2D eigenvalue weighted by molar-refractivity contribution is 5.83. The molecule has 1 saturated heterocycles. The third-order valence-electron chi connectivity index (χ3n) is 3.27. The first-order chi connectivity index (χ1) is 7.06. The molecule has 1 heterocycles. The SMILES string of the molecule is CCC1CCC(=O)N(C(C)C(=O)O)CC1. The van der Waals surface area contributed by atoms with Crippen molar-refractivity contribution in [3.63, 3.8) is 0 Å². The van der Waals surface area contributed by atoms with Crippen LogP contribution < -0.4 is 0 Å². The Bertz CT molecular complexity index is 252. The minimum atomic E-state index is -0.918. The fraction of sp³-hybridized carbons (Fsp3) is 0.818. The van der Waals surface area contributed by atoms with Crippen molar-refractivity contribution >= 4 is 11.9 Å². The summed E-state index contributed by atoms with van der Waals surface area (Å²) in [4.78, 5) is 24.0. The maximum atomic E-state index is 11.7. The maximum absolute atomic E-state index is 11.7. The van der Waals surface area contributed by atoms with Crippen molar-refractivity contribution < 1.29 is 14.7 Å². The van der Waals surface area contributed by atoms with Crippen LogP contribution in [0, 0.1) is 5.92 Å². The molecule has 0 radical (unpaired) electrons. The molecule has 1 amide bonds. The Morgan fingerprint density at radius 2 is 2.27 bits per heavy atom. The largest absolute Gasteiger partial charge is 0.480 e. The van der Waals surface area contributed by atoms with Gasteiger partial charge in [-0.2, -0.15) is 0 Å². The van der Waals surface area contributed by atoms with E-state index in [0.717, 1.165) is 19.3 Å². The topological polar surface area (TPSA) is 57.6 Å². The molecule has 2 atom stereocenters. The van der Waals surface area contributed by atoms with Gasteiger partial charge in [0.25, 0.3) is 0 Å². The molecular formula is C11H19NO3. The van der Waals surface area contributed by atoms with Crippen LogP contribution in [-0.4, -0.2) is 34.5 Å². The van der Waals surface area contributed by atoms with Crippen molar-refractivity contribution in [2.75, 3.05) is 6.54 Å². The Kier molecular flexibility index (Phi) is 4.12. The van der Waals surface area contributed by atoms with E-state index >= 15 is 0 Å². The van der Waals surface area contributed by atoms with Gasteiger partial charge in [0.15, 0.2) is 0 Å². The summed E-state index contributed by atoms with van der Waals surface area (Å²) in [6, 6.07) is -0.687. The molecule has 1 fully saturated rings. The molecule has 15 heavy (non-hydrogen) atoms. The molecule has 0 aromatic heterocycles. The summed E-state index contributed by atoms with van der Waals surface area (Å²) in [5.74, 6) is -0.362. The van der Waals surface area contributed by atoms with Crippen LogP contribution in [0.15, 0.2) is 0 Å². The van der Waals surface area contributed by atoms with Gasteiger partial charge in [0.1, 0.15) is 6.04 Å². The molecule has 0 aromatic rings. The minimum Gasteiger partial charge on any atom is -0.480 e. The zero-order valence-corrected chi connectivity index (χ0v) is 9.40. The van der Waals surface area contributed by atoms with Crippen LogP contribution in [-0.2, 0) is 9.59 Å². The van der Waals surface area contributed by atoms with E-state index < -0.39 is 12.0 Å². The number of hydrogen-bond acceptors (Lipinski definition) is 2. The normalized spacial score (nSPS) is 24.8. The van der Waals surface area contributed by atoms with Crippen LogP contribution in [0.1, 0.15) is 39.5 Å². The van der Waals surface area contributed by atoms with Crippen LogP contribution >= 0.6 is 0 Å². The van der Waals surface area contributed by atoms with E-state index in [1.807, 2.05) is 0 Å². The number of nitrogens with zero attached hydrogens (tertiary/aromatic N) is 1. The number of hydrogen-bond donors (Lipinski definition) is 1. The lowest BCUT2D eigenvalue weighted by molar-refractivity contribution is -0.149. The minimum absolute atomic E-state index is 0.0131. The average molecular weight is 213 g/mol. The van der Waals surface area contributed by atoms with Gasteiger partial charge < -0.3 is 10.0 Å². The monoisotopic (exact) mass is 213 g/mol. The lowest BCUT2D eigenvalue weighted by atomic mass is 9.98. The second-order valence-electron chi connectivity index (χ2n) is 4.20. The number of aliphatic carboxylic acids is 1. The number of amides is 1. The van der Waals surface area contributed by atoms with Gasteiger partial charge in [-0.15, -0.1) is 0 Å². The zero-order chi connectivity index (χ0) is 11.4. The van der Waals surface area contributed by atoms with Crippen LogP contribution in [0.4, 0.5) is 0 Å². The van der Waals surface area contributed by atoms with Crippen LogP contribution in [0.5, 0.6) is 0 Å². The number of carboxylic acids is 1. The molecule has 0 aromatic carbocycles. The Labute approximate surface area is 90.3 Å². The summed E-state index contributed by atoms with van der Waals surface area (Å²) < 4.78 is 0. The van der Waals surface area contributed by atoms with Crippen molar-refractivity contribution in [2.45, 2.75) is 45.6 Å². The number of likely N-dealkylation sites (tertiary alicyclic amines) is 1. The lowest BCUT2D eigenvalue weighted by Crippen LogP contribution is -2.42. The summed E-state index contributed by atoms with van der Waals surface area (Å²) in [6.45, 7) is 4.28. The highest BCUT2D eigenvalue weighted by Crippen LogP contribution is 2.22. The van der Waals surface area contributed by atoms with Gasteiger partial charge >= 0.3 is 5.97 Å². The predicted octanol–water partition coefficient (Wildman–Crippen LogP) is 1.50. The Morgan fingerprint density at radius 1 is 1.60 bits per heavy atom. The Morgan fingerprint density at radius 3 is 2.80 bits per heavy atom. The second-order valence-corrected chi connectivity index (χ2v) is 4.20. The van der Waals surface area contributed by atoms with Crippen molar-refractivity contribution in [3.05, 3.63) is 0 Å². The first kappa shape index (κ1) is 12.0. The summed E-state index contributed by atoms with van der Waals surface area (Å²) in [7, 11) is 0. The summed E-state index contributed by atoms with van der Waals surface area (Å²) in [5, 5.41) is 8.87. The molecule has 1 N–H and O–H groups in total. The van der Waals surface area contributed by atoms with Gasteiger partial charge in [-0.3, -0.25) is 4.79 Å². The van der Waals surface area contributed by atoms with Crippen molar-refractivity contribution in [1.82, 2.24) is 4.90 Å². The number of rotatable bonds is 3. The van der Waals surface area contributed by atoms with Gasteiger partial charge in [0.2, 0.25) is 5.91 Å². The van der Waals surface area contributed by atoms with E-state index in [-0.39, 0.29) is 5.91 Å². The zero-order valence-electron chi connectivity index (χ0n) is 9.40. The third kappa shape index (κ3) is 2.94. The molecule has 1 aliphatic rings. The van der Waals surface area contributed by atoms with Crippen LogP contribution in [0.3, 0.4) is 0 Å². The summed E-state index contributed by atoms with van der Waals surface area (Å²) in [5.41, 5.74) is 0. The van der Waals surface area contributed by atoms with Gasteiger partial charge in [0, 0.05) is 13.0 Å². The number of carboxylic acid groups (broad SMARTS) is 1. The van der Waals surface area contributed by atoms with E-state index in [1.165, 1.54) is 4.90 Å². The summed E-state index contributed by atoms with van der Waals surface area (Å²) in [6.07, 6.45) is 3.40. The highest BCUT2D eigenvalue weighted by atomic mass is 16.4. The van der Waals surface area contributed by atoms with E-state index in [1.54, 1.807) is 6.92 Å². The van der Waals surface area contributed by atoms with Gasteiger partial charge in [-0.1, -0.05) is 13.3 Å². The molecule has 1 aliphatic heterocycles. The molecule has 2 unspecified atom stereocenters. The fourth-order valence-electron chi connectivity index (χ4n) is 2.01. The predicted molar refractivity (Wildman–Crippen MR) is 56.4 cm³/mol. The standard InChI is InChI=1S/C11H19NO3/c1-3-9-4-5-10(13)12(7-6-9)8(2)11(14)15/h8-9H,3-7H2,1-2H3,(H,14,15). The lowest BCUT2D eigenvalue weighted by Gasteiger charge is -2.24. The van der Waals surface area contributed by atoms with E-state index in [0.29, 0.717) is 18.9 Å². The van der Waals surface area contributed by atoms with Crippen molar-refractivity contribution in [1.29, 1.82) is 0 Å². The molecular weight excluding hydrogens is 194 g/mol. The molecule has 0 spiro atoms. The molecule has 0 saturated carbocycles. The summed E-state index contributed by atoms with van der Waals surface area (Å²) >= 11 is 0. The number of carbonyl (C=O) groups is 2. The maximum Gasteiger partial charge on any atom is 0.326 e. The first-order valence-electron chi connectivity index (χ1n) is 5.58. The highest BCUT2D eigenvalue weighted by Gasteiger charge is 2.28. The van der Waals surface area contributed by atoms with Crippen molar-refractivity contribution in [3.8, 4) is 0 Å². The van der Waals surface area contributed by atoms with Crippen LogP contribution in [0.25, 0.3) is 0 Å². The van der Waals surface area contributed by atoms with Gasteiger partial charge in [0.05, 0.1) is 0 Å². The van der Waals surface area contributed by atoms with E-state index in [4.69, 9.17) is 5.11 Å². The Balaban J connectivity index is 2.65. The third-order valence-corrected chi connectivity index (χ3v) is 3.27. The second kappa shape index (κ2) is 5.14. The number of carbonyl (C=O) groups excluding carboxylic acids is 1. The average Bonchev–Trinajstić information content (AvgIpc) is 2.39. The molecule has 4 heteroatoms. The molecule has 86 valence electrons. The van der Waals surface area contributed by atoms with Gasteiger partial charge in [-0.25, -0.2) is 4.79 Å². The van der Waals surface area contributed by atoms with E-state index in [9.17, 15) is 9.59 Å². The first-order valence-corrected chi connectivity index (χ1v) is 5.58. The van der Waals surface area contributed by atoms with Crippen LogP contribution in [0.2, 0.25) is 0 Å². The van der Waals surface area contributed by atoms with Gasteiger partial charge in [-0.05, 0) is 25.7 Å². The fourth-order valence-corrected chi connectivity index (χ4v) is 2.01. The quantitative estimate of drug-likeness (QED) is 0.772. The molecule has 4 nitrogen and oxygen atoms in total. The smallest absolute Gasteiger partial charge is 0.326 e. The Hall–Kier alpha value is -1.06. The molecule has 1 rings (SSSR count). The molecule has 0 aliphatic carbocycles.